The maximum absolute atomic E-state index is 11.6. The highest BCUT2D eigenvalue weighted by Crippen LogP contribution is 2.19. The van der Waals surface area contributed by atoms with Gasteiger partial charge in [0.25, 0.3) is 5.91 Å². The molecule has 106 valence electrons. The summed E-state index contributed by atoms with van der Waals surface area (Å²) in [5, 5.41) is 6.16. The first-order chi connectivity index (χ1) is 9.08. The number of unbranched alkanes of at least 4 members (excludes halogenated alkanes) is 2. The summed E-state index contributed by atoms with van der Waals surface area (Å²) < 4.78 is 0. The molecular weight excluding hydrogens is 236 g/mol. The molecular formula is C16H26N2O. The van der Waals surface area contributed by atoms with E-state index < -0.39 is 0 Å². The third kappa shape index (κ3) is 4.93. The van der Waals surface area contributed by atoms with Gasteiger partial charge in [-0.1, -0.05) is 32.3 Å². The quantitative estimate of drug-likeness (QED) is 0.735. The van der Waals surface area contributed by atoms with Crippen LogP contribution in [0.3, 0.4) is 0 Å². The van der Waals surface area contributed by atoms with E-state index >= 15 is 0 Å². The maximum Gasteiger partial charge on any atom is 0.251 e. The highest BCUT2D eigenvalue weighted by atomic mass is 16.1. The third-order valence-electron chi connectivity index (χ3n) is 3.37. The monoisotopic (exact) mass is 262 g/mol. The second kappa shape index (κ2) is 7.82. The fourth-order valence-electron chi connectivity index (χ4n) is 2.10. The van der Waals surface area contributed by atoms with Gasteiger partial charge in [-0.05, 0) is 38.0 Å². The number of benzene rings is 1. The van der Waals surface area contributed by atoms with Crippen LogP contribution in [-0.4, -0.2) is 19.0 Å². The average Bonchev–Trinajstić information content (AvgIpc) is 2.40. The topological polar surface area (TPSA) is 41.1 Å². The van der Waals surface area contributed by atoms with Gasteiger partial charge in [0, 0.05) is 24.3 Å². The van der Waals surface area contributed by atoms with Gasteiger partial charge in [0.15, 0.2) is 0 Å². The van der Waals surface area contributed by atoms with Gasteiger partial charge in [0.1, 0.15) is 0 Å². The van der Waals surface area contributed by atoms with Crippen LogP contribution in [0.4, 0.5) is 5.69 Å². The third-order valence-corrected chi connectivity index (χ3v) is 3.37. The molecule has 3 heteroatoms. The van der Waals surface area contributed by atoms with Gasteiger partial charge in [-0.25, -0.2) is 0 Å². The molecule has 0 heterocycles. The molecule has 1 atom stereocenters. The first kappa shape index (κ1) is 15.5. The van der Waals surface area contributed by atoms with Gasteiger partial charge >= 0.3 is 0 Å². The van der Waals surface area contributed by atoms with Crippen LogP contribution in [0, 0.1) is 6.92 Å². The Labute approximate surface area is 116 Å². The smallest absolute Gasteiger partial charge is 0.251 e. The Balaban J connectivity index is 2.68. The minimum absolute atomic E-state index is 0.0401. The van der Waals surface area contributed by atoms with Crippen LogP contribution in [0.2, 0.25) is 0 Å². The van der Waals surface area contributed by atoms with Crippen LogP contribution in [0.5, 0.6) is 0 Å². The summed E-state index contributed by atoms with van der Waals surface area (Å²) in [5.74, 6) is -0.0401. The number of hydrogen-bond acceptors (Lipinski definition) is 2. The van der Waals surface area contributed by atoms with Gasteiger partial charge in [0.05, 0.1) is 0 Å². The molecule has 1 unspecified atom stereocenters. The Morgan fingerprint density at radius 2 is 2.05 bits per heavy atom. The predicted octanol–water partition coefficient (Wildman–Crippen LogP) is 3.74. The second-order valence-electron chi connectivity index (χ2n) is 5.15. The molecule has 0 bridgehead atoms. The molecule has 1 amide bonds. The molecule has 0 spiro atoms. The number of amides is 1. The Morgan fingerprint density at radius 1 is 1.32 bits per heavy atom. The molecule has 1 aromatic rings. The van der Waals surface area contributed by atoms with Crippen molar-refractivity contribution in [2.45, 2.75) is 52.5 Å². The summed E-state index contributed by atoms with van der Waals surface area (Å²) in [6.45, 7) is 6.48. The average molecular weight is 262 g/mol. The van der Waals surface area contributed by atoms with E-state index in [4.69, 9.17) is 0 Å². The Kier molecular flexibility index (Phi) is 6.40. The molecule has 0 radical (unpaired) electrons. The highest BCUT2D eigenvalue weighted by molar-refractivity contribution is 5.95. The maximum atomic E-state index is 11.6. The fourth-order valence-corrected chi connectivity index (χ4v) is 2.10. The molecule has 0 aliphatic heterocycles. The van der Waals surface area contributed by atoms with Crippen LogP contribution in [0.15, 0.2) is 18.2 Å². The number of nitrogens with one attached hydrogen (secondary N) is 2. The Morgan fingerprint density at radius 3 is 2.68 bits per heavy atom. The number of aryl methyl sites for hydroxylation is 1. The Hall–Kier alpha value is -1.51. The lowest BCUT2D eigenvalue weighted by Crippen LogP contribution is -2.19. The minimum atomic E-state index is -0.0401. The zero-order chi connectivity index (χ0) is 14.3. The molecule has 0 aliphatic rings. The van der Waals surface area contributed by atoms with E-state index in [1.807, 2.05) is 18.2 Å². The molecule has 0 fully saturated rings. The summed E-state index contributed by atoms with van der Waals surface area (Å²) in [4.78, 5) is 11.6. The number of carbonyl (C=O) groups excluding carboxylic acids is 1. The van der Waals surface area contributed by atoms with Crippen LogP contribution >= 0.6 is 0 Å². The second-order valence-corrected chi connectivity index (χ2v) is 5.15. The van der Waals surface area contributed by atoms with Gasteiger partial charge in [0.2, 0.25) is 0 Å². The molecule has 1 aromatic carbocycles. The highest BCUT2D eigenvalue weighted by Gasteiger charge is 2.08. The van der Waals surface area contributed by atoms with Crippen LogP contribution in [0.1, 0.15) is 55.5 Å². The van der Waals surface area contributed by atoms with Crippen molar-refractivity contribution in [1.82, 2.24) is 5.32 Å². The summed E-state index contributed by atoms with van der Waals surface area (Å²) >= 11 is 0. The molecule has 1 rings (SSSR count). The van der Waals surface area contributed by atoms with Crippen molar-refractivity contribution in [3.63, 3.8) is 0 Å². The molecule has 0 saturated heterocycles. The number of hydrogen-bond donors (Lipinski definition) is 2. The number of carbonyl (C=O) groups is 1. The molecule has 0 aliphatic carbocycles. The normalized spacial score (nSPS) is 12.0. The zero-order valence-electron chi connectivity index (χ0n) is 12.5. The van der Waals surface area contributed by atoms with E-state index in [-0.39, 0.29) is 5.91 Å². The fraction of sp³-hybridized carbons (Fsp3) is 0.562. The summed E-state index contributed by atoms with van der Waals surface area (Å²) in [6, 6.07) is 6.22. The van der Waals surface area contributed by atoms with Crippen molar-refractivity contribution in [3.8, 4) is 0 Å². The lowest BCUT2D eigenvalue weighted by Gasteiger charge is -2.17. The van der Waals surface area contributed by atoms with E-state index in [1.165, 1.54) is 24.8 Å². The van der Waals surface area contributed by atoms with Crippen LogP contribution < -0.4 is 10.6 Å². The van der Waals surface area contributed by atoms with E-state index in [9.17, 15) is 4.79 Å². The molecule has 3 nitrogen and oxygen atoms in total. The van der Waals surface area contributed by atoms with Crippen molar-refractivity contribution >= 4 is 11.6 Å². The van der Waals surface area contributed by atoms with E-state index in [0.29, 0.717) is 11.6 Å². The summed E-state index contributed by atoms with van der Waals surface area (Å²) in [6.07, 6.45) is 4.94. The van der Waals surface area contributed by atoms with Crippen LogP contribution in [0.25, 0.3) is 0 Å². The molecule has 0 saturated carbocycles. The van der Waals surface area contributed by atoms with Crippen molar-refractivity contribution in [1.29, 1.82) is 0 Å². The number of rotatable bonds is 7. The van der Waals surface area contributed by atoms with Gasteiger partial charge in [-0.2, -0.15) is 0 Å². The lowest BCUT2D eigenvalue weighted by atomic mass is 10.1. The van der Waals surface area contributed by atoms with Crippen molar-refractivity contribution in [3.05, 3.63) is 29.3 Å². The number of anilines is 1. The molecule has 2 N–H and O–H groups in total. The van der Waals surface area contributed by atoms with E-state index in [0.717, 1.165) is 12.1 Å². The van der Waals surface area contributed by atoms with E-state index in [1.54, 1.807) is 7.05 Å². The van der Waals surface area contributed by atoms with Gasteiger partial charge in [-0.15, -0.1) is 0 Å². The SMILES string of the molecule is CCCCCC(C)Nc1cc(C(=O)NC)ccc1C. The molecule has 19 heavy (non-hydrogen) atoms. The van der Waals surface area contributed by atoms with Crippen molar-refractivity contribution in [2.24, 2.45) is 0 Å². The lowest BCUT2D eigenvalue weighted by molar-refractivity contribution is 0.0963. The minimum Gasteiger partial charge on any atom is -0.382 e. The first-order valence-corrected chi connectivity index (χ1v) is 7.17. The van der Waals surface area contributed by atoms with Gasteiger partial charge < -0.3 is 10.6 Å². The van der Waals surface area contributed by atoms with Crippen molar-refractivity contribution in [2.75, 3.05) is 12.4 Å². The largest absolute Gasteiger partial charge is 0.382 e. The molecule has 0 aromatic heterocycles. The standard InChI is InChI=1S/C16H26N2O/c1-5-6-7-8-13(3)18-15-11-14(16(19)17-4)10-9-12(15)2/h9-11,13,18H,5-8H2,1-4H3,(H,17,19). The zero-order valence-corrected chi connectivity index (χ0v) is 12.5. The van der Waals surface area contributed by atoms with Crippen LogP contribution in [-0.2, 0) is 0 Å². The first-order valence-electron chi connectivity index (χ1n) is 7.17. The Bertz CT molecular complexity index is 415. The summed E-state index contributed by atoms with van der Waals surface area (Å²) in [5.41, 5.74) is 2.94. The van der Waals surface area contributed by atoms with Gasteiger partial charge in [-0.3, -0.25) is 4.79 Å². The van der Waals surface area contributed by atoms with E-state index in [2.05, 4.69) is 31.4 Å². The predicted molar refractivity (Wildman–Crippen MR) is 81.8 cm³/mol. The van der Waals surface area contributed by atoms with Crippen molar-refractivity contribution < 1.29 is 4.79 Å². The summed E-state index contributed by atoms with van der Waals surface area (Å²) in [7, 11) is 1.66.